The zero-order valence-electron chi connectivity index (χ0n) is 21.3. The molecule has 0 unspecified atom stereocenters. The van der Waals surface area contributed by atoms with Gasteiger partial charge in [-0.2, -0.15) is 0 Å². The van der Waals surface area contributed by atoms with E-state index in [4.69, 9.17) is 0 Å². The van der Waals surface area contributed by atoms with Crippen molar-refractivity contribution in [2.45, 2.75) is 57.0 Å². The number of pyridine rings is 1. The first-order valence-electron chi connectivity index (χ1n) is 13.4. The van der Waals surface area contributed by atoms with Gasteiger partial charge in [0.1, 0.15) is 22.9 Å². The van der Waals surface area contributed by atoms with Crippen molar-refractivity contribution in [1.29, 1.82) is 0 Å². The van der Waals surface area contributed by atoms with Crippen molar-refractivity contribution < 1.29 is 8.78 Å². The second kappa shape index (κ2) is 8.97. The van der Waals surface area contributed by atoms with Crippen LogP contribution in [-0.4, -0.2) is 49.7 Å². The Morgan fingerprint density at radius 3 is 2.63 bits per heavy atom. The number of aryl methyl sites for hydroxylation is 1. The van der Waals surface area contributed by atoms with Gasteiger partial charge in [0.25, 0.3) is 0 Å². The fraction of sp³-hybridized carbons (Fsp3) is 0.429. The lowest BCUT2D eigenvalue weighted by atomic mass is 10.1. The molecule has 3 aliphatic rings. The molecular formula is C28H30F2N8. The standard InChI is InChI=1S/C28H30F2N8/c1-17-34-26-21(29)12-18(13-23(26)38(17)19-4-2-3-5-19)25-22(30)15-32-27(36-25)35-24-7-6-20(14-31-24)37-11-10-33-28(16-37)8-9-28/h6-7,12-15,19,33H,2-5,8-11,16H2,1H3,(H,31,32,35,36). The summed E-state index contributed by atoms with van der Waals surface area (Å²) in [7, 11) is 0. The predicted octanol–water partition coefficient (Wildman–Crippen LogP) is 5.28. The van der Waals surface area contributed by atoms with Gasteiger partial charge < -0.3 is 20.1 Å². The normalized spacial score (nSPS) is 19.0. The van der Waals surface area contributed by atoms with E-state index >= 15 is 4.39 Å². The Hall–Kier alpha value is -3.66. The van der Waals surface area contributed by atoms with E-state index in [1.165, 1.54) is 18.9 Å². The Labute approximate surface area is 219 Å². The molecule has 0 atom stereocenters. The maximum absolute atomic E-state index is 15.2. The van der Waals surface area contributed by atoms with Gasteiger partial charge in [0.15, 0.2) is 11.6 Å². The van der Waals surface area contributed by atoms with Gasteiger partial charge in [-0.1, -0.05) is 12.8 Å². The van der Waals surface area contributed by atoms with E-state index in [0.29, 0.717) is 22.4 Å². The maximum atomic E-state index is 15.2. The highest BCUT2D eigenvalue weighted by atomic mass is 19.1. The smallest absolute Gasteiger partial charge is 0.229 e. The van der Waals surface area contributed by atoms with E-state index < -0.39 is 11.6 Å². The third-order valence-corrected chi connectivity index (χ3v) is 8.21. The van der Waals surface area contributed by atoms with Gasteiger partial charge in [0, 0.05) is 36.8 Å². The Bertz CT molecular complexity index is 1510. The van der Waals surface area contributed by atoms with Gasteiger partial charge in [-0.15, -0.1) is 0 Å². The summed E-state index contributed by atoms with van der Waals surface area (Å²) in [5.74, 6) is 0.425. The van der Waals surface area contributed by atoms with Crippen LogP contribution in [0.1, 0.15) is 50.4 Å². The van der Waals surface area contributed by atoms with Crippen LogP contribution in [0.2, 0.25) is 0 Å². The first-order valence-corrected chi connectivity index (χ1v) is 13.4. The lowest BCUT2D eigenvalue weighted by Crippen LogP contribution is -2.52. The quantitative estimate of drug-likeness (QED) is 0.374. The molecule has 4 heterocycles. The molecule has 2 saturated carbocycles. The van der Waals surface area contributed by atoms with E-state index in [2.05, 4.69) is 40.0 Å². The van der Waals surface area contributed by atoms with Crippen molar-refractivity contribution in [2.24, 2.45) is 0 Å². The summed E-state index contributed by atoms with van der Waals surface area (Å²) in [4.78, 5) is 19.9. The number of anilines is 3. The molecule has 196 valence electrons. The molecule has 1 aromatic carbocycles. The molecule has 0 amide bonds. The van der Waals surface area contributed by atoms with Crippen molar-refractivity contribution in [3.05, 3.63) is 54.1 Å². The number of nitrogens with zero attached hydrogens (tertiary/aromatic N) is 6. The van der Waals surface area contributed by atoms with Crippen LogP contribution in [0, 0.1) is 18.6 Å². The zero-order chi connectivity index (χ0) is 25.9. The highest BCUT2D eigenvalue weighted by molar-refractivity contribution is 5.83. The molecule has 0 radical (unpaired) electrons. The Balaban J connectivity index is 1.16. The van der Waals surface area contributed by atoms with Gasteiger partial charge >= 0.3 is 0 Å². The van der Waals surface area contributed by atoms with Gasteiger partial charge in [0.2, 0.25) is 5.95 Å². The molecule has 3 aromatic heterocycles. The van der Waals surface area contributed by atoms with Crippen molar-refractivity contribution in [1.82, 2.24) is 29.8 Å². The van der Waals surface area contributed by atoms with E-state index in [0.717, 1.165) is 63.0 Å². The molecule has 4 aromatic rings. The lowest BCUT2D eigenvalue weighted by Gasteiger charge is -2.35. The summed E-state index contributed by atoms with van der Waals surface area (Å²) in [6.07, 6.45) is 9.75. The Morgan fingerprint density at radius 1 is 1.03 bits per heavy atom. The van der Waals surface area contributed by atoms with Crippen LogP contribution in [0.3, 0.4) is 0 Å². The molecule has 10 heteroatoms. The molecule has 1 aliphatic heterocycles. The van der Waals surface area contributed by atoms with Crippen LogP contribution >= 0.6 is 0 Å². The molecule has 1 spiro atoms. The number of piperazine rings is 1. The third-order valence-electron chi connectivity index (χ3n) is 8.21. The van der Waals surface area contributed by atoms with Gasteiger partial charge in [-0.25, -0.2) is 28.7 Å². The number of halogens is 2. The first kappa shape index (κ1) is 23.5. The minimum absolute atomic E-state index is 0.0345. The number of imidazole rings is 1. The molecular weight excluding hydrogens is 486 g/mol. The van der Waals surface area contributed by atoms with Gasteiger partial charge in [0.05, 0.1) is 23.6 Å². The number of benzene rings is 1. The molecule has 3 fully saturated rings. The summed E-state index contributed by atoms with van der Waals surface area (Å²) in [5, 5.41) is 6.69. The summed E-state index contributed by atoms with van der Waals surface area (Å²) >= 11 is 0. The fourth-order valence-electron chi connectivity index (χ4n) is 6.08. The zero-order valence-corrected chi connectivity index (χ0v) is 21.3. The third kappa shape index (κ3) is 4.16. The van der Waals surface area contributed by atoms with Crippen LogP contribution in [-0.2, 0) is 0 Å². The SMILES string of the molecule is Cc1nc2c(F)cc(-c3nc(Nc4ccc(N5CCNC6(CC6)C5)cn4)ncc3F)cc2n1C1CCCC1. The number of rotatable bonds is 5. The topological polar surface area (TPSA) is 83.8 Å². The van der Waals surface area contributed by atoms with Gasteiger partial charge in [-0.3, -0.25) is 0 Å². The van der Waals surface area contributed by atoms with Crippen molar-refractivity contribution in [3.8, 4) is 11.3 Å². The van der Waals surface area contributed by atoms with Gasteiger partial charge in [-0.05, 0) is 56.9 Å². The van der Waals surface area contributed by atoms with Crippen LogP contribution in [0.15, 0.2) is 36.7 Å². The van der Waals surface area contributed by atoms with Crippen LogP contribution in [0.25, 0.3) is 22.3 Å². The molecule has 0 bridgehead atoms. The summed E-state index contributed by atoms with van der Waals surface area (Å²) in [6, 6.07) is 7.27. The number of nitrogens with one attached hydrogen (secondary N) is 2. The van der Waals surface area contributed by atoms with Crippen molar-refractivity contribution >= 4 is 28.5 Å². The van der Waals surface area contributed by atoms with Crippen molar-refractivity contribution in [2.75, 3.05) is 29.9 Å². The number of aromatic nitrogens is 5. The summed E-state index contributed by atoms with van der Waals surface area (Å²) in [6.45, 7) is 4.81. The minimum atomic E-state index is -0.617. The number of hydrogen-bond acceptors (Lipinski definition) is 7. The second-order valence-electron chi connectivity index (χ2n) is 10.8. The molecule has 2 N–H and O–H groups in total. The molecule has 7 rings (SSSR count). The first-order chi connectivity index (χ1) is 18.5. The van der Waals surface area contributed by atoms with E-state index in [9.17, 15) is 4.39 Å². The average molecular weight is 517 g/mol. The van der Waals surface area contributed by atoms with Crippen LogP contribution < -0.4 is 15.5 Å². The Kier molecular flexibility index (Phi) is 5.54. The Morgan fingerprint density at radius 2 is 1.87 bits per heavy atom. The van der Waals surface area contributed by atoms with E-state index in [-0.39, 0.29) is 23.2 Å². The molecule has 38 heavy (non-hydrogen) atoms. The minimum Gasteiger partial charge on any atom is -0.367 e. The fourth-order valence-corrected chi connectivity index (χ4v) is 6.08. The van der Waals surface area contributed by atoms with Crippen LogP contribution in [0.5, 0.6) is 0 Å². The largest absolute Gasteiger partial charge is 0.367 e. The molecule has 2 aliphatic carbocycles. The number of fused-ring (bicyclic) bond motifs is 1. The molecule has 1 saturated heterocycles. The van der Waals surface area contributed by atoms with E-state index in [1.807, 2.05) is 25.3 Å². The predicted molar refractivity (Wildman–Crippen MR) is 143 cm³/mol. The lowest BCUT2D eigenvalue weighted by molar-refractivity contribution is 0.442. The monoisotopic (exact) mass is 516 g/mol. The molecule has 8 nitrogen and oxygen atoms in total. The second-order valence-corrected chi connectivity index (χ2v) is 10.8. The van der Waals surface area contributed by atoms with E-state index in [1.54, 1.807) is 6.07 Å². The average Bonchev–Trinajstić information content (AvgIpc) is 3.29. The van der Waals surface area contributed by atoms with Crippen LogP contribution in [0.4, 0.5) is 26.2 Å². The summed E-state index contributed by atoms with van der Waals surface area (Å²) in [5.41, 5.74) is 2.73. The van der Waals surface area contributed by atoms with Crippen molar-refractivity contribution in [3.63, 3.8) is 0 Å². The maximum Gasteiger partial charge on any atom is 0.229 e. The highest BCUT2D eigenvalue weighted by Crippen LogP contribution is 2.39. The summed E-state index contributed by atoms with van der Waals surface area (Å²) < 4.78 is 32.2. The highest BCUT2D eigenvalue weighted by Gasteiger charge is 2.45. The number of hydrogen-bond donors (Lipinski definition) is 2.